The van der Waals surface area contributed by atoms with Crippen molar-refractivity contribution in [2.45, 2.75) is 0 Å². The number of H-pyrrole nitrogens is 1. The van der Waals surface area contributed by atoms with Crippen molar-refractivity contribution >= 4 is 22.9 Å². The molecule has 74 valence electrons. The Morgan fingerprint density at radius 3 is 2.64 bits per heavy atom. The van der Waals surface area contributed by atoms with E-state index in [2.05, 4.69) is 26.6 Å². The Balaban J connectivity index is 0.000000213. The first-order valence-electron chi connectivity index (χ1n) is 3.70. The van der Waals surface area contributed by atoms with Crippen LogP contribution in [0.3, 0.4) is 0 Å². The van der Waals surface area contributed by atoms with Crippen molar-refractivity contribution in [2.75, 3.05) is 5.73 Å². The van der Waals surface area contributed by atoms with Gasteiger partial charge in [0.15, 0.2) is 5.82 Å². The average Bonchev–Trinajstić information content (AvgIpc) is 2.48. The van der Waals surface area contributed by atoms with Gasteiger partial charge in [-0.05, 0) is 12.1 Å². The van der Waals surface area contributed by atoms with E-state index in [1.807, 2.05) is 12.1 Å². The van der Waals surface area contributed by atoms with E-state index >= 15 is 0 Å². The number of primary amides is 2. The lowest BCUT2D eigenvalue weighted by atomic mass is 10.4. The third kappa shape index (κ3) is 2.34. The molecule has 7 heteroatoms. The molecular weight excluding hydrogens is 184 g/mol. The molecule has 2 rings (SSSR count). The Morgan fingerprint density at radius 2 is 2.07 bits per heavy atom. The lowest BCUT2D eigenvalue weighted by Gasteiger charge is -1.83. The second kappa shape index (κ2) is 4.08. The Hall–Kier alpha value is -2.31. The third-order valence-electron chi connectivity index (χ3n) is 1.35. The zero-order chi connectivity index (χ0) is 10.6. The Bertz CT molecular complexity index is 432. The van der Waals surface area contributed by atoms with Gasteiger partial charge in [-0.1, -0.05) is 0 Å². The van der Waals surface area contributed by atoms with Crippen LogP contribution in [0.15, 0.2) is 18.3 Å². The summed E-state index contributed by atoms with van der Waals surface area (Å²) in [5.41, 5.74) is 15.6. The number of nitrogens with zero attached hydrogens (tertiary/aromatic N) is 2. The quantitative estimate of drug-likeness (QED) is 0.452. The molecule has 7 nitrogen and oxygen atoms in total. The zero-order valence-electron chi connectivity index (χ0n) is 7.27. The molecule has 0 aliphatic rings. The topological polar surface area (TPSA) is 137 Å². The molecule has 2 amide bonds. The van der Waals surface area contributed by atoms with Crippen LogP contribution in [0.25, 0.3) is 11.0 Å². The van der Waals surface area contributed by atoms with E-state index in [1.165, 1.54) is 0 Å². The van der Waals surface area contributed by atoms with E-state index in [1.54, 1.807) is 6.20 Å². The summed E-state index contributed by atoms with van der Waals surface area (Å²) in [6.07, 6.45) is 1.69. The SMILES string of the molecule is NC(N)=O.Nc1n[nH]c2cccnc12. The molecule has 2 aromatic heterocycles. The summed E-state index contributed by atoms with van der Waals surface area (Å²) in [6, 6.07) is 2.88. The average molecular weight is 194 g/mol. The molecule has 0 spiro atoms. The molecule has 2 aromatic rings. The molecule has 0 fully saturated rings. The van der Waals surface area contributed by atoms with Gasteiger partial charge in [-0.3, -0.25) is 10.1 Å². The van der Waals surface area contributed by atoms with Crippen LogP contribution in [0.1, 0.15) is 0 Å². The number of pyridine rings is 1. The number of aromatic nitrogens is 3. The fourth-order valence-electron chi connectivity index (χ4n) is 0.873. The van der Waals surface area contributed by atoms with Gasteiger partial charge in [0.05, 0.1) is 5.52 Å². The maximum atomic E-state index is 9.00. The van der Waals surface area contributed by atoms with E-state index in [9.17, 15) is 0 Å². The van der Waals surface area contributed by atoms with Gasteiger partial charge >= 0.3 is 6.03 Å². The number of carbonyl (C=O) groups is 1. The van der Waals surface area contributed by atoms with E-state index in [0.717, 1.165) is 11.0 Å². The highest BCUT2D eigenvalue weighted by atomic mass is 16.2. The monoisotopic (exact) mass is 194 g/mol. The Morgan fingerprint density at radius 1 is 1.43 bits per heavy atom. The number of hydrogen-bond donors (Lipinski definition) is 4. The normalized spacial score (nSPS) is 9.14. The highest BCUT2D eigenvalue weighted by Gasteiger charge is 1.98. The largest absolute Gasteiger partial charge is 0.380 e. The third-order valence-corrected chi connectivity index (χ3v) is 1.35. The molecule has 2 heterocycles. The van der Waals surface area contributed by atoms with Crippen molar-refractivity contribution in [2.24, 2.45) is 11.5 Å². The maximum absolute atomic E-state index is 9.00. The lowest BCUT2D eigenvalue weighted by Crippen LogP contribution is -2.18. The summed E-state index contributed by atoms with van der Waals surface area (Å²) in [4.78, 5) is 13.0. The number of nitrogens with one attached hydrogen (secondary N) is 1. The zero-order valence-corrected chi connectivity index (χ0v) is 7.27. The van der Waals surface area contributed by atoms with E-state index in [4.69, 9.17) is 10.5 Å². The van der Waals surface area contributed by atoms with E-state index < -0.39 is 6.03 Å². The first-order valence-corrected chi connectivity index (χ1v) is 3.70. The summed E-state index contributed by atoms with van der Waals surface area (Å²) < 4.78 is 0. The summed E-state index contributed by atoms with van der Waals surface area (Å²) in [5, 5.41) is 6.54. The summed E-state index contributed by atoms with van der Waals surface area (Å²) >= 11 is 0. The number of nitrogen functional groups attached to an aromatic ring is 1. The van der Waals surface area contributed by atoms with Crippen LogP contribution in [-0.2, 0) is 0 Å². The minimum atomic E-state index is -0.833. The molecule has 0 aromatic carbocycles. The molecule has 0 aliphatic heterocycles. The molecule has 0 saturated carbocycles. The van der Waals surface area contributed by atoms with Gasteiger partial charge in [0, 0.05) is 6.20 Å². The van der Waals surface area contributed by atoms with Crippen LogP contribution in [0.4, 0.5) is 10.6 Å². The van der Waals surface area contributed by atoms with Crippen LogP contribution in [0.5, 0.6) is 0 Å². The van der Waals surface area contributed by atoms with Gasteiger partial charge < -0.3 is 17.2 Å². The van der Waals surface area contributed by atoms with Crippen molar-refractivity contribution in [1.82, 2.24) is 15.2 Å². The fraction of sp³-hybridized carbons (Fsp3) is 0. The molecule has 0 saturated heterocycles. The summed E-state index contributed by atoms with van der Waals surface area (Å²) in [6.45, 7) is 0. The molecule has 0 bridgehead atoms. The van der Waals surface area contributed by atoms with Crippen molar-refractivity contribution in [3.63, 3.8) is 0 Å². The molecule has 0 atom stereocenters. The number of hydrogen-bond acceptors (Lipinski definition) is 4. The molecule has 0 aliphatic carbocycles. The van der Waals surface area contributed by atoms with Gasteiger partial charge in [-0.2, -0.15) is 5.10 Å². The molecule has 0 unspecified atom stereocenters. The smallest absolute Gasteiger partial charge is 0.309 e. The number of fused-ring (bicyclic) bond motifs is 1. The van der Waals surface area contributed by atoms with Gasteiger partial charge in [0.25, 0.3) is 0 Å². The van der Waals surface area contributed by atoms with Gasteiger partial charge in [0.1, 0.15) is 5.52 Å². The molecule has 14 heavy (non-hydrogen) atoms. The Kier molecular flexibility index (Phi) is 2.85. The Labute approximate surface area is 79.3 Å². The van der Waals surface area contributed by atoms with E-state index in [0.29, 0.717) is 5.82 Å². The predicted octanol–water partition coefficient (Wildman–Crippen LogP) is -0.436. The minimum absolute atomic E-state index is 0.454. The number of aromatic amines is 1. The van der Waals surface area contributed by atoms with Crippen LogP contribution < -0.4 is 17.2 Å². The fourth-order valence-corrected chi connectivity index (χ4v) is 0.873. The van der Waals surface area contributed by atoms with Gasteiger partial charge in [-0.25, -0.2) is 4.79 Å². The molecular formula is C7H10N6O. The summed E-state index contributed by atoms with van der Waals surface area (Å²) in [5.74, 6) is 0.454. The first kappa shape index (κ1) is 9.78. The predicted molar refractivity (Wildman–Crippen MR) is 52.1 cm³/mol. The molecule has 7 N–H and O–H groups in total. The highest BCUT2D eigenvalue weighted by molar-refractivity contribution is 5.83. The number of nitrogens with two attached hydrogens (primary N) is 3. The van der Waals surface area contributed by atoms with Crippen LogP contribution in [-0.4, -0.2) is 21.2 Å². The lowest BCUT2D eigenvalue weighted by molar-refractivity contribution is 0.256. The van der Waals surface area contributed by atoms with Crippen molar-refractivity contribution in [1.29, 1.82) is 0 Å². The number of anilines is 1. The second-order valence-corrected chi connectivity index (χ2v) is 2.41. The number of amides is 2. The standard InChI is InChI=1S/C6H6N4.CH4N2O/c7-6-5-4(9-10-6)2-1-3-8-5;2-1(3)4/h1-3H,(H3,7,9,10);(H4,2,3,4). The molecule has 0 radical (unpaired) electrons. The van der Waals surface area contributed by atoms with Crippen LogP contribution in [0, 0.1) is 0 Å². The highest BCUT2D eigenvalue weighted by Crippen LogP contribution is 2.12. The van der Waals surface area contributed by atoms with Crippen molar-refractivity contribution < 1.29 is 4.79 Å². The second-order valence-electron chi connectivity index (χ2n) is 2.41. The number of rotatable bonds is 0. The van der Waals surface area contributed by atoms with Crippen LogP contribution in [0.2, 0.25) is 0 Å². The number of carbonyl (C=O) groups excluding carboxylic acids is 1. The van der Waals surface area contributed by atoms with Gasteiger partial charge in [0.2, 0.25) is 0 Å². The maximum Gasteiger partial charge on any atom is 0.309 e. The minimum Gasteiger partial charge on any atom is -0.380 e. The van der Waals surface area contributed by atoms with E-state index in [-0.39, 0.29) is 0 Å². The van der Waals surface area contributed by atoms with Crippen molar-refractivity contribution in [3.05, 3.63) is 18.3 Å². The van der Waals surface area contributed by atoms with Crippen LogP contribution >= 0.6 is 0 Å². The van der Waals surface area contributed by atoms with Crippen molar-refractivity contribution in [3.8, 4) is 0 Å². The van der Waals surface area contributed by atoms with Gasteiger partial charge in [-0.15, -0.1) is 0 Å². The summed E-state index contributed by atoms with van der Waals surface area (Å²) in [7, 11) is 0. The number of urea groups is 1. The first-order chi connectivity index (χ1) is 6.61.